The Hall–Kier alpha value is -2.64. The van der Waals surface area contributed by atoms with Crippen molar-refractivity contribution in [3.63, 3.8) is 0 Å². The zero-order valence-corrected chi connectivity index (χ0v) is 14.0. The lowest BCUT2D eigenvalue weighted by Crippen LogP contribution is -2.04. The van der Waals surface area contributed by atoms with E-state index < -0.39 is 4.92 Å². The van der Waals surface area contributed by atoms with Gasteiger partial charge in [0, 0.05) is 25.3 Å². The van der Waals surface area contributed by atoms with Gasteiger partial charge in [-0.2, -0.15) is 10.2 Å². The Morgan fingerprint density at radius 1 is 1.04 bits per heavy atom. The Kier molecular flexibility index (Phi) is 6.73. The number of benzene rings is 2. The number of aryl methyl sites for hydroxylation is 1. The van der Waals surface area contributed by atoms with Gasteiger partial charge in [0.05, 0.1) is 16.3 Å². The van der Waals surface area contributed by atoms with Gasteiger partial charge in [0.2, 0.25) is 0 Å². The second-order valence-electron chi connectivity index (χ2n) is 5.74. The molecule has 0 amide bonds. The van der Waals surface area contributed by atoms with Gasteiger partial charge in [-0.15, -0.1) is 0 Å². The Morgan fingerprint density at radius 2 is 1.68 bits per heavy atom. The molecular weight excluding hydrogens is 322 g/mol. The average molecular weight is 343 g/mol. The summed E-state index contributed by atoms with van der Waals surface area (Å²) in [4.78, 5) is 10.2. The first-order chi connectivity index (χ1) is 12.0. The van der Waals surface area contributed by atoms with Crippen molar-refractivity contribution in [1.29, 1.82) is 0 Å². The van der Waals surface area contributed by atoms with Gasteiger partial charge in [0.25, 0.3) is 5.69 Å². The van der Waals surface area contributed by atoms with E-state index in [1.54, 1.807) is 12.1 Å². The van der Waals surface area contributed by atoms with Gasteiger partial charge in [-0.05, 0) is 55.0 Å². The van der Waals surface area contributed by atoms with Crippen LogP contribution in [0.4, 0.5) is 17.1 Å². The van der Waals surface area contributed by atoms with E-state index in [0.717, 1.165) is 11.1 Å². The lowest BCUT2D eigenvalue weighted by Gasteiger charge is -2.16. The molecule has 2 rings (SSSR count). The topological polar surface area (TPSA) is 108 Å². The highest BCUT2D eigenvalue weighted by Gasteiger charge is 2.12. The van der Waals surface area contributed by atoms with Gasteiger partial charge in [0.1, 0.15) is 0 Å². The van der Waals surface area contributed by atoms with E-state index in [9.17, 15) is 10.1 Å². The Balaban J connectivity index is 2.15. The molecule has 0 unspecified atom stereocenters. The highest BCUT2D eigenvalue weighted by atomic mass is 16.6. The van der Waals surface area contributed by atoms with Crippen LogP contribution in [0.1, 0.15) is 29.9 Å². The Labute approximate surface area is 145 Å². The average Bonchev–Trinajstić information content (AvgIpc) is 2.61. The van der Waals surface area contributed by atoms with Crippen LogP contribution in [-0.4, -0.2) is 28.4 Å². The van der Waals surface area contributed by atoms with Gasteiger partial charge in [-0.3, -0.25) is 10.1 Å². The van der Waals surface area contributed by atoms with Crippen LogP contribution in [0.15, 0.2) is 52.7 Å². The first-order valence-electron chi connectivity index (χ1n) is 8.03. The van der Waals surface area contributed by atoms with Crippen molar-refractivity contribution in [1.82, 2.24) is 0 Å². The predicted octanol–water partition coefficient (Wildman–Crippen LogP) is 4.17. The largest absolute Gasteiger partial charge is 0.396 e. The summed E-state index contributed by atoms with van der Waals surface area (Å²) in [5, 5.41) is 37.3. The number of hydrogen-bond donors (Lipinski definition) is 2. The number of hydrogen-bond acceptors (Lipinski definition) is 6. The second-order valence-corrected chi connectivity index (χ2v) is 5.74. The van der Waals surface area contributed by atoms with Gasteiger partial charge in [0.15, 0.2) is 0 Å². The van der Waals surface area contributed by atoms with E-state index >= 15 is 0 Å². The fourth-order valence-corrected chi connectivity index (χ4v) is 2.59. The van der Waals surface area contributed by atoms with E-state index in [4.69, 9.17) is 10.2 Å². The smallest absolute Gasteiger partial charge is 0.269 e. The lowest BCUT2D eigenvalue weighted by atomic mass is 9.91. The standard InChI is InChI=1S/C18H21N3O4/c1-13-12-15(14(8-10-22)9-11-23)2-7-18(13)20-19-16-3-5-17(6-4-16)21(24)25/h2-7,12,14,22-23H,8-11H2,1H3. The van der Waals surface area contributed by atoms with Crippen LogP contribution in [0.2, 0.25) is 0 Å². The molecule has 7 heteroatoms. The Morgan fingerprint density at radius 3 is 2.20 bits per heavy atom. The summed E-state index contributed by atoms with van der Waals surface area (Å²) >= 11 is 0. The highest BCUT2D eigenvalue weighted by molar-refractivity contribution is 5.49. The van der Waals surface area contributed by atoms with Gasteiger partial charge < -0.3 is 10.2 Å². The quantitative estimate of drug-likeness (QED) is 0.426. The molecule has 0 saturated carbocycles. The number of nitro benzene ring substituents is 1. The molecule has 0 radical (unpaired) electrons. The molecule has 0 fully saturated rings. The number of rotatable bonds is 8. The fraction of sp³-hybridized carbons (Fsp3) is 0.333. The maximum absolute atomic E-state index is 10.6. The summed E-state index contributed by atoms with van der Waals surface area (Å²) in [6.45, 7) is 2.07. The van der Waals surface area contributed by atoms with Crippen molar-refractivity contribution in [2.45, 2.75) is 25.7 Å². The molecule has 0 saturated heterocycles. The highest BCUT2D eigenvalue weighted by Crippen LogP contribution is 2.29. The van der Waals surface area contributed by atoms with Crippen molar-refractivity contribution < 1.29 is 15.1 Å². The molecule has 7 nitrogen and oxygen atoms in total. The van der Waals surface area contributed by atoms with Crippen LogP contribution in [0.5, 0.6) is 0 Å². The fourth-order valence-electron chi connectivity index (χ4n) is 2.59. The molecule has 0 aliphatic carbocycles. The third-order valence-corrected chi connectivity index (χ3v) is 3.98. The first kappa shape index (κ1) is 18.7. The molecule has 0 bridgehead atoms. The summed E-state index contributed by atoms with van der Waals surface area (Å²) in [5.74, 6) is 0.106. The van der Waals surface area contributed by atoms with Crippen molar-refractivity contribution in [2.75, 3.05) is 13.2 Å². The monoisotopic (exact) mass is 343 g/mol. The maximum Gasteiger partial charge on any atom is 0.269 e. The molecule has 0 atom stereocenters. The van der Waals surface area contributed by atoms with Crippen LogP contribution >= 0.6 is 0 Å². The first-order valence-corrected chi connectivity index (χ1v) is 8.03. The van der Waals surface area contributed by atoms with Crippen LogP contribution in [0, 0.1) is 17.0 Å². The number of nitro groups is 1. The molecule has 25 heavy (non-hydrogen) atoms. The number of aliphatic hydroxyl groups is 2. The number of non-ortho nitro benzene ring substituents is 1. The molecular formula is C18H21N3O4. The molecule has 132 valence electrons. The molecule has 0 aliphatic heterocycles. The number of nitrogens with zero attached hydrogens (tertiary/aromatic N) is 3. The van der Waals surface area contributed by atoms with Crippen molar-refractivity contribution in [3.05, 3.63) is 63.7 Å². The third kappa shape index (κ3) is 5.17. The predicted molar refractivity (Wildman–Crippen MR) is 94.6 cm³/mol. The van der Waals surface area contributed by atoms with Crippen molar-refractivity contribution in [3.8, 4) is 0 Å². The second kappa shape index (κ2) is 9.00. The zero-order chi connectivity index (χ0) is 18.2. The summed E-state index contributed by atoms with van der Waals surface area (Å²) in [5.41, 5.74) is 3.23. The minimum Gasteiger partial charge on any atom is -0.396 e. The van der Waals surface area contributed by atoms with Gasteiger partial charge >= 0.3 is 0 Å². The van der Waals surface area contributed by atoms with Crippen LogP contribution in [0.3, 0.4) is 0 Å². The summed E-state index contributed by atoms with van der Waals surface area (Å²) in [7, 11) is 0. The minimum atomic E-state index is -0.459. The summed E-state index contributed by atoms with van der Waals surface area (Å²) in [6.07, 6.45) is 1.20. The summed E-state index contributed by atoms with van der Waals surface area (Å²) < 4.78 is 0. The number of aliphatic hydroxyl groups excluding tert-OH is 2. The van der Waals surface area contributed by atoms with E-state index in [1.807, 2.05) is 25.1 Å². The number of azo groups is 1. The zero-order valence-electron chi connectivity index (χ0n) is 14.0. The Bertz CT molecular complexity index is 738. The molecule has 0 aliphatic rings. The summed E-state index contributed by atoms with van der Waals surface area (Å²) in [6, 6.07) is 11.6. The molecule has 0 spiro atoms. The van der Waals surface area contributed by atoms with Crippen LogP contribution in [-0.2, 0) is 0 Å². The minimum absolute atomic E-state index is 0.0123. The molecule has 0 aromatic heterocycles. The third-order valence-electron chi connectivity index (χ3n) is 3.98. The van der Waals surface area contributed by atoms with E-state index in [0.29, 0.717) is 24.2 Å². The maximum atomic E-state index is 10.6. The van der Waals surface area contributed by atoms with E-state index in [1.165, 1.54) is 12.1 Å². The van der Waals surface area contributed by atoms with Gasteiger partial charge in [-0.25, -0.2) is 0 Å². The van der Waals surface area contributed by atoms with Crippen LogP contribution < -0.4 is 0 Å². The van der Waals surface area contributed by atoms with E-state index in [2.05, 4.69) is 10.2 Å². The van der Waals surface area contributed by atoms with Crippen molar-refractivity contribution in [2.24, 2.45) is 10.2 Å². The van der Waals surface area contributed by atoms with E-state index in [-0.39, 0.29) is 24.8 Å². The van der Waals surface area contributed by atoms with Gasteiger partial charge in [-0.1, -0.05) is 12.1 Å². The SMILES string of the molecule is Cc1cc(C(CCO)CCO)ccc1N=Nc1ccc([N+](=O)[O-])cc1. The molecule has 2 aromatic carbocycles. The molecule has 0 heterocycles. The molecule has 2 aromatic rings. The van der Waals surface area contributed by atoms with Crippen LogP contribution in [0.25, 0.3) is 0 Å². The lowest BCUT2D eigenvalue weighted by molar-refractivity contribution is -0.384. The molecule has 2 N–H and O–H groups in total. The van der Waals surface area contributed by atoms with Crippen molar-refractivity contribution >= 4 is 17.1 Å². The normalized spacial score (nSPS) is 11.4.